The van der Waals surface area contributed by atoms with E-state index >= 15 is 4.39 Å². The number of nitrogen functional groups attached to an aromatic ring is 1. The van der Waals surface area contributed by atoms with Crippen LogP contribution in [0.2, 0.25) is 0 Å². The first kappa shape index (κ1) is 21.8. The maximum Gasteiger partial charge on any atom is 0.231 e. The molecule has 0 saturated carbocycles. The fourth-order valence-electron chi connectivity index (χ4n) is 4.75. The summed E-state index contributed by atoms with van der Waals surface area (Å²) < 4.78 is 43.4. The van der Waals surface area contributed by atoms with Gasteiger partial charge in [-0.2, -0.15) is 0 Å². The molecule has 3 unspecified atom stereocenters. The number of primary amides is 1. The first-order valence-electron chi connectivity index (χ1n) is 10.1. The molecule has 4 atom stereocenters. The summed E-state index contributed by atoms with van der Waals surface area (Å²) in [6, 6.07) is 5.48. The van der Waals surface area contributed by atoms with Gasteiger partial charge < -0.3 is 22.5 Å². The van der Waals surface area contributed by atoms with Crippen LogP contribution >= 0.6 is 0 Å². The summed E-state index contributed by atoms with van der Waals surface area (Å²) in [5.41, 5.74) is 16.0. The van der Waals surface area contributed by atoms with Gasteiger partial charge in [-0.25, -0.2) is 23.1 Å². The Bertz CT molecular complexity index is 1100. The van der Waals surface area contributed by atoms with Crippen LogP contribution in [0.3, 0.4) is 0 Å². The minimum Gasteiger partial charge on any atom is -0.397 e. The number of nitrogens with zero attached hydrogens (tertiary/aromatic N) is 2. The highest BCUT2D eigenvalue weighted by molar-refractivity contribution is 5.87. The number of amides is 1. The SMILES string of the molecule is NC(=O)[C@]1(C(c2ncnc(N)c2-c2ccc(F)cc2)C2CCNC2)C=CC(F)=C(N)C1F. The van der Waals surface area contributed by atoms with Crippen molar-refractivity contribution in [1.82, 2.24) is 15.3 Å². The molecule has 0 bridgehead atoms. The number of carbonyl (C=O) groups is 1. The summed E-state index contributed by atoms with van der Waals surface area (Å²) in [6.07, 6.45) is 1.68. The number of rotatable bonds is 5. The fraction of sp³-hybridized carbons (Fsp3) is 0.318. The van der Waals surface area contributed by atoms with Gasteiger partial charge in [0.2, 0.25) is 5.91 Å². The van der Waals surface area contributed by atoms with E-state index in [4.69, 9.17) is 17.2 Å². The van der Waals surface area contributed by atoms with E-state index in [0.29, 0.717) is 30.6 Å². The number of nitrogens with two attached hydrogens (primary N) is 3. The lowest BCUT2D eigenvalue weighted by atomic mass is 9.61. The molecule has 2 aliphatic rings. The molecule has 10 heteroatoms. The van der Waals surface area contributed by atoms with Crippen LogP contribution in [0, 0.1) is 17.2 Å². The maximum atomic E-state index is 15.8. The predicted octanol–water partition coefficient (Wildman–Crippen LogP) is 2.08. The highest BCUT2D eigenvalue weighted by Gasteiger charge is 2.56. The normalized spacial score (nSPS) is 26.3. The molecule has 4 rings (SSSR count). The Hall–Kier alpha value is -3.40. The van der Waals surface area contributed by atoms with Gasteiger partial charge in [-0.1, -0.05) is 18.2 Å². The molecular formula is C22H23F3N6O. The summed E-state index contributed by atoms with van der Waals surface area (Å²) in [4.78, 5) is 21.3. The smallest absolute Gasteiger partial charge is 0.231 e. The molecule has 1 aliphatic heterocycles. The Morgan fingerprint density at radius 1 is 1.19 bits per heavy atom. The molecule has 2 heterocycles. The van der Waals surface area contributed by atoms with Crippen molar-refractivity contribution in [3.8, 4) is 11.1 Å². The van der Waals surface area contributed by atoms with Crippen molar-refractivity contribution < 1.29 is 18.0 Å². The molecule has 168 valence electrons. The highest BCUT2D eigenvalue weighted by atomic mass is 19.1. The Morgan fingerprint density at radius 2 is 1.91 bits per heavy atom. The minimum atomic E-state index is -2.21. The van der Waals surface area contributed by atoms with Crippen LogP contribution in [0.25, 0.3) is 11.1 Å². The number of allylic oxidation sites excluding steroid dienone is 3. The fourth-order valence-corrected chi connectivity index (χ4v) is 4.75. The number of hydrogen-bond acceptors (Lipinski definition) is 6. The number of benzene rings is 1. The molecule has 7 nitrogen and oxygen atoms in total. The van der Waals surface area contributed by atoms with Gasteiger partial charge >= 0.3 is 0 Å². The van der Waals surface area contributed by atoms with E-state index in [1.807, 2.05) is 0 Å². The van der Waals surface area contributed by atoms with Gasteiger partial charge in [-0.05, 0) is 49.2 Å². The lowest BCUT2D eigenvalue weighted by Gasteiger charge is -2.43. The molecule has 1 aliphatic carbocycles. The van der Waals surface area contributed by atoms with Crippen molar-refractivity contribution in [1.29, 1.82) is 0 Å². The first-order valence-corrected chi connectivity index (χ1v) is 10.1. The van der Waals surface area contributed by atoms with E-state index in [1.165, 1.54) is 30.6 Å². The van der Waals surface area contributed by atoms with Gasteiger partial charge in [0.15, 0.2) is 6.17 Å². The third kappa shape index (κ3) is 3.40. The van der Waals surface area contributed by atoms with E-state index in [2.05, 4.69) is 15.3 Å². The molecule has 0 radical (unpaired) electrons. The van der Waals surface area contributed by atoms with Crippen LogP contribution in [-0.4, -0.2) is 35.1 Å². The largest absolute Gasteiger partial charge is 0.397 e. The number of nitrogens with one attached hydrogen (secondary N) is 1. The average Bonchev–Trinajstić information content (AvgIpc) is 3.29. The second-order valence-electron chi connectivity index (χ2n) is 8.05. The van der Waals surface area contributed by atoms with Crippen LogP contribution in [0.1, 0.15) is 18.0 Å². The van der Waals surface area contributed by atoms with Gasteiger partial charge in [-0.15, -0.1) is 0 Å². The number of anilines is 1. The number of alkyl halides is 1. The molecule has 1 fully saturated rings. The van der Waals surface area contributed by atoms with Gasteiger partial charge in [0, 0.05) is 11.5 Å². The zero-order valence-corrected chi connectivity index (χ0v) is 17.1. The zero-order valence-electron chi connectivity index (χ0n) is 17.1. The summed E-state index contributed by atoms with van der Waals surface area (Å²) in [5.74, 6) is -3.59. The van der Waals surface area contributed by atoms with Crippen LogP contribution in [0.4, 0.5) is 19.0 Å². The first-order chi connectivity index (χ1) is 15.3. The maximum absolute atomic E-state index is 15.8. The van der Waals surface area contributed by atoms with Crippen molar-refractivity contribution in [2.24, 2.45) is 22.8 Å². The van der Waals surface area contributed by atoms with E-state index in [9.17, 15) is 13.6 Å². The van der Waals surface area contributed by atoms with E-state index < -0.39 is 40.8 Å². The molecule has 32 heavy (non-hydrogen) atoms. The van der Waals surface area contributed by atoms with Gasteiger partial charge in [0.1, 0.15) is 29.2 Å². The molecule has 1 saturated heterocycles. The van der Waals surface area contributed by atoms with Crippen molar-refractivity contribution in [3.05, 3.63) is 65.8 Å². The molecule has 7 N–H and O–H groups in total. The van der Waals surface area contributed by atoms with Crippen molar-refractivity contribution in [3.63, 3.8) is 0 Å². The Morgan fingerprint density at radius 3 is 2.53 bits per heavy atom. The zero-order chi connectivity index (χ0) is 23.0. The lowest BCUT2D eigenvalue weighted by Crippen LogP contribution is -2.53. The van der Waals surface area contributed by atoms with E-state index in [-0.39, 0.29) is 17.4 Å². The number of aromatic nitrogens is 2. The molecule has 1 aromatic heterocycles. The lowest BCUT2D eigenvalue weighted by molar-refractivity contribution is -0.130. The van der Waals surface area contributed by atoms with E-state index in [1.54, 1.807) is 0 Å². The molecule has 2 aromatic rings. The van der Waals surface area contributed by atoms with Gasteiger partial charge in [-0.3, -0.25) is 4.79 Å². The van der Waals surface area contributed by atoms with Crippen LogP contribution in [-0.2, 0) is 4.79 Å². The van der Waals surface area contributed by atoms with Crippen molar-refractivity contribution >= 4 is 11.7 Å². The minimum absolute atomic E-state index is 0.0714. The summed E-state index contributed by atoms with van der Waals surface area (Å²) in [5, 5.41) is 3.19. The predicted molar refractivity (Wildman–Crippen MR) is 114 cm³/mol. The summed E-state index contributed by atoms with van der Waals surface area (Å²) >= 11 is 0. The Balaban J connectivity index is 1.99. The van der Waals surface area contributed by atoms with Crippen LogP contribution < -0.4 is 22.5 Å². The Labute approximate surface area is 182 Å². The molecular weight excluding hydrogens is 421 g/mol. The molecule has 1 amide bonds. The average molecular weight is 444 g/mol. The second kappa shape index (κ2) is 8.27. The third-order valence-electron chi connectivity index (χ3n) is 6.32. The summed E-state index contributed by atoms with van der Waals surface area (Å²) in [6.45, 7) is 1.07. The number of hydrogen-bond donors (Lipinski definition) is 4. The van der Waals surface area contributed by atoms with Crippen molar-refractivity contribution in [2.45, 2.75) is 18.5 Å². The third-order valence-corrected chi connectivity index (χ3v) is 6.32. The van der Waals surface area contributed by atoms with Gasteiger partial charge in [0.25, 0.3) is 0 Å². The van der Waals surface area contributed by atoms with Crippen LogP contribution in [0.5, 0.6) is 0 Å². The van der Waals surface area contributed by atoms with Gasteiger partial charge in [0.05, 0.1) is 11.4 Å². The quantitative estimate of drug-likeness (QED) is 0.558. The number of halogens is 3. The molecule has 0 spiro atoms. The monoisotopic (exact) mass is 444 g/mol. The van der Waals surface area contributed by atoms with Crippen molar-refractivity contribution in [2.75, 3.05) is 18.8 Å². The summed E-state index contributed by atoms with van der Waals surface area (Å²) in [7, 11) is 0. The van der Waals surface area contributed by atoms with Crippen LogP contribution in [0.15, 0.2) is 54.3 Å². The highest BCUT2D eigenvalue weighted by Crippen LogP contribution is 2.53. The standard InChI is InChI=1S/C22H23F3N6O/c23-13-3-1-11(2-4-13)15-18(30-10-31-20(15)27)16(12-6-8-29-9-12)22(21(28)32)7-5-14(24)17(26)19(22)25/h1-5,7,10,12,16,19,29H,6,8-9,26H2,(H2,28,32)(H2,27,30,31)/t12?,16?,19?,22-/m0/s1. The Kier molecular flexibility index (Phi) is 5.64. The molecule has 1 aromatic carbocycles. The topological polar surface area (TPSA) is 133 Å². The second-order valence-corrected chi connectivity index (χ2v) is 8.05. The number of carbonyl (C=O) groups excluding carboxylic acids is 1. The van der Waals surface area contributed by atoms with E-state index in [0.717, 1.165) is 12.2 Å².